The molecule has 180 valence electrons. The number of methoxy groups -OCH3 is 1. The molecule has 9 heteroatoms. The van der Waals surface area contributed by atoms with E-state index in [4.69, 9.17) is 10.5 Å². The average molecular weight is 484 g/mol. The molecular weight excluding hydrogens is 461 g/mol. The van der Waals surface area contributed by atoms with Crippen LogP contribution in [0.15, 0.2) is 83.7 Å². The van der Waals surface area contributed by atoms with Crippen LogP contribution in [0, 0.1) is 5.82 Å². The van der Waals surface area contributed by atoms with E-state index in [1.54, 1.807) is 36.4 Å². The van der Waals surface area contributed by atoms with Crippen molar-refractivity contribution in [1.82, 2.24) is 19.3 Å². The summed E-state index contributed by atoms with van der Waals surface area (Å²) in [6, 6.07) is 21.9. The molecule has 5 rings (SSSR count). The smallest absolute Gasteiger partial charge is 0.337 e. The number of aromatic nitrogens is 4. The molecule has 8 nitrogen and oxygen atoms in total. The summed E-state index contributed by atoms with van der Waals surface area (Å²) in [5, 5.41) is 4.40. The molecular formula is C27H22FN5O3. The normalized spacial score (nSPS) is 11.1. The summed E-state index contributed by atoms with van der Waals surface area (Å²) >= 11 is 0. The molecule has 0 atom stereocenters. The number of nitrogens with two attached hydrogens (primary N) is 1. The van der Waals surface area contributed by atoms with Gasteiger partial charge in [0.1, 0.15) is 5.82 Å². The van der Waals surface area contributed by atoms with Crippen molar-refractivity contribution in [3.8, 4) is 11.3 Å². The molecule has 3 aromatic carbocycles. The van der Waals surface area contributed by atoms with Crippen LogP contribution >= 0.6 is 0 Å². The van der Waals surface area contributed by atoms with Crippen LogP contribution in [0.5, 0.6) is 0 Å². The number of fused-ring (bicyclic) bond motifs is 1. The van der Waals surface area contributed by atoms with E-state index in [-0.39, 0.29) is 17.7 Å². The summed E-state index contributed by atoms with van der Waals surface area (Å²) in [7, 11) is 1.30. The van der Waals surface area contributed by atoms with Gasteiger partial charge in [0.05, 0.1) is 42.5 Å². The molecule has 5 aromatic rings. The molecule has 0 radical (unpaired) electrons. The molecule has 0 amide bonds. The molecule has 0 fully saturated rings. The van der Waals surface area contributed by atoms with E-state index in [0.717, 1.165) is 16.6 Å². The molecule has 2 N–H and O–H groups in total. The van der Waals surface area contributed by atoms with E-state index >= 15 is 0 Å². The number of imidazole rings is 1. The molecule has 0 aliphatic rings. The van der Waals surface area contributed by atoms with Gasteiger partial charge in [0, 0.05) is 11.6 Å². The van der Waals surface area contributed by atoms with Crippen molar-refractivity contribution in [3.05, 3.63) is 112 Å². The predicted octanol–water partition coefficient (Wildman–Crippen LogP) is 3.86. The largest absolute Gasteiger partial charge is 0.465 e. The van der Waals surface area contributed by atoms with Crippen LogP contribution in [-0.4, -0.2) is 32.4 Å². The average Bonchev–Trinajstić information content (AvgIpc) is 3.21. The Morgan fingerprint density at radius 1 is 0.972 bits per heavy atom. The Morgan fingerprint density at radius 2 is 1.78 bits per heavy atom. The van der Waals surface area contributed by atoms with Gasteiger partial charge in [-0.25, -0.2) is 18.9 Å². The summed E-state index contributed by atoms with van der Waals surface area (Å²) < 4.78 is 22.7. The molecule has 0 saturated heterocycles. The van der Waals surface area contributed by atoms with Gasteiger partial charge in [-0.1, -0.05) is 30.3 Å². The van der Waals surface area contributed by atoms with Crippen LogP contribution < -0.4 is 11.3 Å². The van der Waals surface area contributed by atoms with Crippen molar-refractivity contribution in [2.75, 3.05) is 12.8 Å². The Kier molecular flexibility index (Phi) is 6.03. The molecule has 0 spiro atoms. The molecule has 2 aromatic heterocycles. The third-order valence-electron chi connectivity index (χ3n) is 5.88. The minimum Gasteiger partial charge on any atom is -0.465 e. The Morgan fingerprint density at radius 3 is 2.61 bits per heavy atom. The summed E-state index contributed by atoms with van der Waals surface area (Å²) in [4.78, 5) is 28.7. The van der Waals surface area contributed by atoms with Crippen molar-refractivity contribution in [2.24, 2.45) is 0 Å². The first kappa shape index (κ1) is 23.0. The van der Waals surface area contributed by atoms with Gasteiger partial charge in [0.2, 0.25) is 5.95 Å². The highest BCUT2D eigenvalue weighted by molar-refractivity contribution is 5.89. The van der Waals surface area contributed by atoms with Crippen LogP contribution in [0.2, 0.25) is 0 Å². The summed E-state index contributed by atoms with van der Waals surface area (Å²) in [6.07, 6.45) is 0. The van der Waals surface area contributed by atoms with E-state index in [1.807, 2.05) is 28.8 Å². The van der Waals surface area contributed by atoms with Crippen LogP contribution in [0.4, 0.5) is 10.3 Å². The predicted molar refractivity (Wildman–Crippen MR) is 134 cm³/mol. The number of benzene rings is 3. The number of hydrogen-bond donors (Lipinski definition) is 1. The zero-order valence-electron chi connectivity index (χ0n) is 19.4. The summed E-state index contributed by atoms with van der Waals surface area (Å²) in [5.41, 5.74) is 9.84. The number of hydrogen-bond acceptors (Lipinski definition) is 6. The topological polar surface area (TPSA) is 105 Å². The lowest BCUT2D eigenvalue weighted by atomic mass is 10.1. The van der Waals surface area contributed by atoms with Gasteiger partial charge in [-0.15, -0.1) is 0 Å². The van der Waals surface area contributed by atoms with E-state index in [9.17, 15) is 14.0 Å². The van der Waals surface area contributed by atoms with E-state index in [2.05, 4.69) is 10.1 Å². The maximum absolute atomic E-state index is 14.9. The fourth-order valence-corrected chi connectivity index (χ4v) is 4.10. The minimum absolute atomic E-state index is 0.108. The zero-order chi connectivity index (χ0) is 25.2. The quantitative estimate of drug-likeness (QED) is 0.368. The fraction of sp³-hybridized carbons (Fsp3) is 0.111. The summed E-state index contributed by atoms with van der Waals surface area (Å²) in [6.45, 7) is 0.496. The molecule has 0 bridgehead atoms. The Bertz CT molecular complexity index is 1660. The number of rotatable bonds is 6. The van der Waals surface area contributed by atoms with Crippen molar-refractivity contribution in [1.29, 1.82) is 0 Å². The van der Waals surface area contributed by atoms with E-state index in [1.165, 1.54) is 30.0 Å². The second-order valence-corrected chi connectivity index (χ2v) is 8.27. The van der Waals surface area contributed by atoms with Gasteiger partial charge in [0.15, 0.2) is 0 Å². The van der Waals surface area contributed by atoms with Crippen LogP contribution in [-0.2, 0) is 17.8 Å². The first-order chi connectivity index (χ1) is 17.4. The zero-order valence-corrected chi connectivity index (χ0v) is 19.4. The van der Waals surface area contributed by atoms with Crippen LogP contribution in [0.1, 0.15) is 21.5 Å². The second kappa shape index (κ2) is 9.46. The van der Waals surface area contributed by atoms with Crippen LogP contribution in [0.3, 0.4) is 0 Å². The van der Waals surface area contributed by atoms with Gasteiger partial charge < -0.3 is 15.0 Å². The Hall–Kier alpha value is -4.79. The van der Waals surface area contributed by atoms with E-state index in [0.29, 0.717) is 29.3 Å². The highest BCUT2D eigenvalue weighted by Gasteiger charge is 2.13. The van der Waals surface area contributed by atoms with E-state index < -0.39 is 11.8 Å². The Balaban J connectivity index is 1.48. The highest BCUT2D eigenvalue weighted by Crippen LogP contribution is 2.24. The molecule has 0 saturated carbocycles. The van der Waals surface area contributed by atoms with Gasteiger partial charge in [-0.2, -0.15) is 5.10 Å². The first-order valence-corrected chi connectivity index (χ1v) is 11.2. The van der Waals surface area contributed by atoms with Gasteiger partial charge in [-0.3, -0.25) is 4.79 Å². The standard InChI is InChI=1S/C27H22FN5O3/c1-36-26(35)19-6-4-5-17(13-19)16-33-25(34)12-11-22(31-33)20-14-18(9-10-21(20)28)15-32-24-8-3-2-7-23(24)30-27(32)29/h2-14H,15-16H2,1H3,(H2,29,30). The second-order valence-electron chi connectivity index (χ2n) is 8.27. The maximum atomic E-state index is 14.9. The number of carbonyl (C=O) groups excluding carboxylic acids is 1. The fourth-order valence-electron chi connectivity index (χ4n) is 4.10. The van der Waals surface area contributed by atoms with Crippen molar-refractivity contribution < 1.29 is 13.9 Å². The Labute approximate surface area is 205 Å². The number of nitrogen functional groups attached to an aromatic ring is 1. The maximum Gasteiger partial charge on any atom is 0.337 e. The molecule has 36 heavy (non-hydrogen) atoms. The molecule has 0 aliphatic heterocycles. The highest BCUT2D eigenvalue weighted by atomic mass is 19.1. The number of carbonyl (C=O) groups is 1. The number of para-hydroxylation sites is 2. The van der Waals surface area contributed by atoms with Crippen molar-refractivity contribution >= 4 is 23.0 Å². The SMILES string of the molecule is COC(=O)c1cccc(Cn2nc(-c3cc(Cn4c(N)nc5ccccc54)ccc3F)ccc2=O)c1. The number of nitrogens with zero attached hydrogens (tertiary/aromatic N) is 4. The minimum atomic E-state index is -0.476. The van der Waals surface area contributed by atoms with Crippen molar-refractivity contribution in [3.63, 3.8) is 0 Å². The van der Waals surface area contributed by atoms with Crippen LogP contribution in [0.25, 0.3) is 22.3 Å². The monoisotopic (exact) mass is 483 g/mol. The third-order valence-corrected chi connectivity index (χ3v) is 5.88. The number of halogens is 1. The number of esters is 1. The number of ether oxygens (including phenoxy) is 1. The number of anilines is 1. The molecule has 0 aliphatic carbocycles. The summed E-state index contributed by atoms with van der Waals surface area (Å²) in [5.74, 6) is -0.577. The molecule has 0 unspecified atom stereocenters. The van der Waals surface area contributed by atoms with Gasteiger partial charge in [-0.05, 0) is 53.6 Å². The lowest BCUT2D eigenvalue weighted by Crippen LogP contribution is -2.23. The molecule has 2 heterocycles. The third kappa shape index (κ3) is 4.46. The van der Waals surface area contributed by atoms with Gasteiger partial charge in [0.25, 0.3) is 5.56 Å². The lowest BCUT2D eigenvalue weighted by Gasteiger charge is -2.11. The lowest BCUT2D eigenvalue weighted by molar-refractivity contribution is 0.0600. The van der Waals surface area contributed by atoms with Gasteiger partial charge >= 0.3 is 5.97 Å². The van der Waals surface area contributed by atoms with Crippen molar-refractivity contribution in [2.45, 2.75) is 13.1 Å². The first-order valence-electron chi connectivity index (χ1n) is 11.2.